The molecule has 5 nitrogen and oxygen atoms in total. The molecule has 0 radical (unpaired) electrons. The number of pyridine rings is 1. The first-order chi connectivity index (χ1) is 8.48. The third-order valence-electron chi connectivity index (χ3n) is 2.56. The summed E-state index contributed by atoms with van der Waals surface area (Å²) in [5, 5.41) is 2.94. The Hall–Kier alpha value is -1.17. The Bertz CT molecular complexity index is 451. The molecule has 1 amide bonds. The zero-order valence-corrected chi connectivity index (χ0v) is 11.0. The summed E-state index contributed by atoms with van der Waals surface area (Å²) in [7, 11) is 0. The summed E-state index contributed by atoms with van der Waals surface area (Å²) in [6.07, 6.45) is 1.40. The lowest BCUT2D eigenvalue weighted by atomic mass is 10.2. The molecule has 0 aromatic carbocycles. The fourth-order valence-electron chi connectivity index (χ4n) is 1.72. The molecule has 1 aliphatic rings. The van der Waals surface area contributed by atoms with Gasteiger partial charge in [0.1, 0.15) is 11.3 Å². The second-order valence-corrected chi connectivity index (χ2v) is 4.86. The lowest BCUT2D eigenvalue weighted by Gasteiger charge is -2.17. The zero-order valence-electron chi connectivity index (χ0n) is 10.3. The van der Waals surface area contributed by atoms with Crippen LogP contribution in [0.3, 0.4) is 0 Å². The maximum Gasteiger partial charge on any atom is 0.254 e. The van der Waals surface area contributed by atoms with Gasteiger partial charge in [-0.15, -0.1) is 0 Å². The number of carbonyl (C=O) groups is 1. The summed E-state index contributed by atoms with van der Waals surface area (Å²) in [6, 6.07) is 3.29. The SMILES string of the molecule is CC1(C)OCC(CNC(=O)c2cccnc2Cl)O1. The first-order valence-electron chi connectivity index (χ1n) is 5.68. The van der Waals surface area contributed by atoms with E-state index in [9.17, 15) is 4.79 Å². The first kappa shape index (κ1) is 13.3. The van der Waals surface area contributed by atoms with Gasteiger partial charge in [-0.25, -0.2) is 4.98 Å². The van der Waals surface area contributed by atoms with Crippen LogP contribution >= 0.6 is 11.6 Å². The van der Waals surface area contributed by atoms with Crippen LogP contribution in [-0.4, -0.2) is 35.9 Å². The predicted octanol–water partition coefficient (Wildman–Crippen LogP) is 1.62. The molecule has 1 aromatic heterocycles. The van der Waals surface area contributed by atoms with Crippen molar-refractivity contribution in [2.75, 3.05) is 13.2 Å². The molecule has 2 heterocycles. The van der Waals surface area contributed by atoms with Gasteiger partial charge in [0.2, 0.25) is 0 Å². The normalized spacial score (nSPS) is 21.8. The van der Waals surface area contributed by atoms with Gasteiger partial charge in [0.25, 0.3) is 5.91 Å². The lowest BCUT2D eigenvalue weighted by molar-refractivity contribution is -0.137. The number of nitrogens with zero attached hydrogens (tertiary/aromatic N) is 1. The Balaban J connectivity index is 1.88. The highest BCUT2D eigenvalue weighted by atomic mass is 35.5. The molecule has 1 saturated heterocycles. The van der Waals surface area contributed by atoms with Gasteiger partial charge in [-0.1, -0.05) is 11.6 Å². The first-order valence-corrected chi connectivity index (χ1v) is 6.06. The monoisotopic (exact) mass is 270 g/mol. The van der Waals surface area contributed by atoms with Crippen molar-refractivity contribution in [2.45, 2.75) is 25.7 Å². The minimum atomic E-state index is -0.582. The highest BCUT2D eigenvalue weighted by Crippen LogP contribution is 2.21. The molecule has 0 bridgehead atoms. The molecule has 2 rings (SSSR count). The number of ether oxygens (including phenoxy) is 2. The summed E-state index contributed by atoms with van der Waals surface area (Å²) in [6.45, 7) is 4.53. The van der Waals surface area contributed by atoms with Crippen LogP contribution in [0, 0.1) is 0 Å². The highest BCUT2D eigenvalue weighted by Gasteiger charge is 2.32. The number of nitrogens with one attached hydrogen (secondary N) is 1. The van der Waals surface area contributed by atoms with Crippen LogP contribution in [0.1, 0.15) is 24.2 Å². The smallest absolute Gasteiger partial charge is 0.254 e. The molecule has 1 fully saturated rings. The van der Waals surface area contributed by atoms with Crippen LogP contribution < -0.4 is 5.32 Å². The van der Waals surface area contributed by atoms with E-state index in [1.807, 2.05) is 13.8 Å². The second kappa shape index (κ2) is 5.22. The Morgan fingerprint density at radius 3 is 3.06 bits per heavy atom. The van der Waals surface area contributed by atoms with Crippen molar-refractivity contribution in [1.29, 1.82) is 0 Å². The van der Waals surface area contributed by atoms with Crippen molar-refractivity contribution >= 4 is 17.5 Å². The molecule has 98 valence electrons. The van der Waals surface area contributed by atoms with E-state index in [-0.39, 0.29) is 17.2 Å². The van der Waals surface area contributed by atoms with E-state index in [0.29, 0.717) is 18.7 Å². The fourth-order valence-corrected chi connectivity index (χ4v) is 1.93. The van der Waals surface area contributed by atoms with E-state index >= 15 is 0 Å². The van der Waals surface area contributed by atoms with Crippen LogP contribution in [0.15, 0.2) is 18.3 Å². The summed E-state index contributed by atoms with van der Waals surface area (Å²) >= 11 is 5.83. The Labute approximate surface area is 110 Å². The molecule has 0 spiro atoms. The van der Waals surface area contributed by atoms with Crippen LogP contribution in [0.4, 0.5) is 0 Å². The van der Waals surface area contributed by atoms with E-state index in [4.69, 9.17) is 21.1 Å². The number of carbonyl (C=O) groups excluding carboxylic acids is 1. The van der Waals surface area contributed by atoms with Crippen molar-refractivity contribution in [3.63, 3.8) is 0 Å². The number of hydrogen-bond donors (Lipinski definition) is 1. The van der Waals surface area contributed by atoms with Crippen LogP contribution in [0.2, 0.25) is 5.15 Å². The topological polar surface area (TPSA) is 60.5 Å². The molecule has 1 unspecified atom stereocenters. The fraction of sp³-hybridized carbons (Fsp3) is 0.500. The van der Waals surface area contributed by atoms with Gasteiger partial charge in [0, 0.05) is 12.7 Å². The maximum atomic E-state index is 11.9. The quantitative estimate of drug-likeness (QED) is 0.848. The standard InChI is InChI=1S/C12H15ClN2O3/c1-12(2)17-7-8(18-12)6-15-11(16)9-4-3-5-14-10(9)13/h3-5,8H,6-7H2,1-2H3,(H,15,16). The lowest BCUT2D eigenvalue weighted by Crippen LogP contribution is -2.34. The summed E-state index contributed by atoms with van der Waals surface area (Å²) < 4.78 is 11.0. The molecule has 0 saturated carbocycles. The van der Waals surface area contributed by atoms with Crippen molar-refractivity contribution in [3.05, 3.63) is 29.0 Å². The third kappa shape index (κ3) is 3.19. The van der Waals surface area contributed by atoms with Crippen molar-refractivity contribution in [3.8, 4) is 0 Å². The minimum Gasteiger partial charge on any atom is -0.349 e. The van der Waals surface area contributed by atoms with Gasteiger partial charge in [0.15, 0.2) is 5.79 Å². The molecule has 1 atom stereocenters. The van der Waals surface area contributed by atoms with Gasteiger partial charge in [-0.05, 0) is 26.0 Å². The van der Waals surface area contributed by atoms with Crippen LogP contribution in [0.25, 0.3) is 0 Å². The molecule has 1 N–H and O–H groups in total. The zero-order chi connectivity index (χ0) is 13.2. The molecular weight excluding hydrogens is 256 g/mol. The molecule has 1 aliphatic heterocycles. The summed E-state index contributed by atoms with van der Waals surface area (Å²) in [5.41, 5.74) is 0.359. The van der Waals surface area contributed by atoms with E-state index in [2.05, 4.69) is 10.3 Å². The average Bonchev–Trinajstić information content (AvgIpc) is 2.66. The number of aromatic nitrogens is 1. The van der Waals surface area contributed by atoms with Gasteiger partial charge in [-0.3, -0.25) is 4.79 Å². The third-order valence-corrected chi connectivity index (χ3v) is 2.86. The van der Waals surface area contributed by atoms with E-state index < -0.39 is 5.79 Å². The van der Waals surface area contributed by atoms with Crippen molar-refractivity contribution in [1.82, 2.24) is 10.3 Å². The van der Waals surface area contributed by atoms with E-state index in [0.717, 1.165) is 0 Å². The maximum absolute atomic E-state index is 11.9. The average molecular weight is 271 g/mol. The molecule has 1 aromatic rings. The number of rotatable bonds is 3. The van der Waals surface area contributed by atoms with E-state index in [1.54, 1.807) is 12.1 Å². The van der Waals surface area contributed by atoms with Gasteiger partial charge >= 0.3 is 0 Å². The molecule has 6 heteroatoms. The number of halogens is 1. The molecule has 18 heavy (non-hydrogen) atoms. The van der Waals surface area contributed by atoms with Gasteiger partial charge in [-0.2, -0.15) is 0 Å². The Morgan fingerprint density at radius 2 is 2.44 bits per heavy atom. The van der Waals surface area contributed by atoms with Crippen LogP contribution in [0.5, 0.6) is 0 Å². The summed E-state index contributed by atoms with van der Waals surface area (Å²) in [5.74, 6) is -0.845. The number of hydrogen-bond acceptors (Lipinski definition) is 4. The van der Waals surface area contributed by atoms with E-state index in [1.165, 1.54) is 6.20 Å². The second-order valence-electron chi connectivity index (χ2n) is 4.50. The van der Waals surface area contributed by atoms with Gasteiger partial charge < -0.3 is 14.8 Å². The largest absolute Gasteiger partial charge is 0.349 e. The van der Waals surface area contributed by atoms with Gasteiger partial charge in [0.05, 0.1) is 12.2 Å². The predicted molar refractivity (Wildman–Crippen MR) is 66.5 cm³/mol. The molecular formula is C12H15ClN2O3. The Morgan fingerprint density at radius 1 is 1.67 bits per heavy atom. The van der Waals surface area contributed by atoms with Crippen molar-refractivity contribution < 1.29 is 14.3 Å². The highest BCUT2D eigenvalue weighted by molar-refractivity contribution is 6.32. The van der Waals surface area contributed by atoms with Crippen molar-refractivity contribution in [2.24, 2.45) is 0 Å². The summed E-state index contributed by atoms with van der Waals surface area (Å²) in [4.78, 5) is 15.7. The van der Waals surface area contributed by atoms with Crippen LogP contribution in [-0.2, 0) is 9.47 Å². The molecule has 0 aliphatic carbocycles. The minimum absolute atomic E-state index is 0.139. The number of amides is 1. The Kier molecular flexibility index (Phi) is 3.85.